The van der Waals surface area contributed by atoms with Crippen LogP contribution in [-0.2, 0) is 14.4 Å². The average molecular weight is 510 g/mol. The van der Waals surface area contributed by atoms with Gasteiger partial charge in [0, 0.05) is 18.0 Å². The van der Waals surface area contributed by atoms with Crippen LogP contribution in [-0.4, -0.2) is 63.5 Å². The van der Waals surface area contributed by atoms with Crippen LogP contribution in [0.15, 0.2) is 42.5 Å². The lowest BCUT2D eigenvalue weighted by Crippen LogP contribution is -2.57. The minimum absolute atomic E-state index is 0.00435. The Kier molecular flexibility index (Phi) is 6.53. The third-order valence-corrected chi connectivity index (χ3v) is 10.4. The van der Waals surface area contributed by atoms with Gasteiger partial charge in [-0.1, -0.05) is 51.1 Å². The molecule has 2 aromatic rings. The van der Waals surface area contributed by atoms with Gasteiger partial charge in [-0.2, -0.15) is 0 Å². The van der Waals surface area contributed by atoms with Crippen molar-refractivity contribution in [3.8, 4) is 0 Å². The molecule has 3 saturated heterocycles. The molecule has 2 bridgehead atoms. The van der Waals surface area contributed by atoms with Gasteiger partial charge in [-0.3, -0.25) is 14.4 Å². The van der Waals surface area contributed by atoms with Gasteiger partial charge in [0.05, 0.1) is 29.2 Å². The van der Waals surface area contributed by atoms with E-state index in [0.717, 1.165) is 17.2 Å². The van der Waals surface area contributed by atoms with Gasteiger partial charge in [-0.05, 0) is 47.6 Å². The molecule has 3 unspecified atom stereocenters. The minimum atomic E-state index is -0.767. The van der Waals surface area contributed by atoms with Crippen LogP contribution in [0.25, 0.3) is 10.8 Å². The van der Waals surface area contributed by atoms with E-state index in [2.05, 4.69) is 17.6 Å². The van der Waals surface area contributed by atoms with Crippen molar-refractivity contribution in [2.24, 2.45) is 23.7 Å². The summed E-state index contributed by atoms with van der Waals surface area (Å²) in [6.45, 7) is 5.97. The van der Waals surface area contributed by atoms with Crippen LogP contribution >= 0.6 is 11.8 Å². The summed E-state index contributed by atoms with van der Waals surface area (Å²) in [6.07, 6.45) is 1.37. The van der Waals surface area contributed by atoms with Crippen LogP contribution in [0.4, 0.5) is 5.69 Å². The van der Waals surface area contributed by atoms with E-state index >= 15 is 0 Å². The Morgan fingerprint density at radius 1 is 1.17 bits per heavy atom. The Labute approximate surface area is 216 Å². The maximum absolute atomic E-state index is 14.1. The summed E-state index contributed by atoms with van der Waals surface area (Å²) in [5.74, 6) is -1.30. The number of thioether (sulfide) groups is 1. The van der Waals surface area contributed by atoms with Gasteiger partial charge in [0.25, 0.3) is 0 Å². The smallest absolute Gasteiger partial charge is 0.248 e. The molecule has 5 rings (SSSR count). The second kappa shape index (κ2) is 9.38. The number of hydrogen-bond acceptors (Lipinski definition) is 5. The van der Waals surface area contributed by atoms with Crippen LogP contribution in [0, 0.1) is 23.7 Å². The number of rotatable bonds is 7. The predicted octanol–water partition coefficient (Wildman–Crippen LogP) is 3.27. The van der Waals surface area contributed by atoms with Crippen molar-refractivity contribution >= 4 is 45.9 Å². The summed E-state index contributed by atoms with van der Waals surface area (Å²) in [5, 5.41) is 18.3. The molecule has 0 aliphatic carbocycles. The topological polar surface area (TPSA) is 98.7 Å². The van der Waals surface area contributed by atoms with E-state index in [-0.39, 0.29) is 41.4 Å². The van der Waals surface area contributed by atoms with Crippen LogP contribution in [0.5, 0.6) is 0 Å². The highest BCUT2D eigenvalue weighted by molar-refractivity contribution is 8.02. The maximum atomic E-state index is 14.1. The zero-order chi connectivity index (χ0) is 25.8. The molecule has 3 amide bonds. The van der Waals surface area contributed by atoms with E-state index in [4.69, 9.17) is 0 Å². The quantitative estimate of drug-likeness (QED) is 0.532. The summed E-state index contributed by atoms with van der Waals surface area (Å²) < 4.78 is -0.704. The molecule has 0 radical (unpaired) electrons. The molecule has 0 saturated carbocycles. The standard InChI is InChI=1S/C28H35N3O4S/c1-15(2)11-20(14-32)31-24(26(34)30-19-10-9-17-7-5-6-8-18(17)13-19)28-16(3)12-21(36-28)22(25(33)29-4)23(28)27(31)35/h5-10,13,15-16,20-24,32H,11-12,14H2,1-4H3,(H,29,33)(H,30,34)/t16?,20-,21+,22-,23+,24?,28?/m1/s1. The molecule has 7 nitrogen and oxygen atoms in total. The van der Waals surface area contributed by atoms with Crippen LogP contribution in [0.2, 0.25) is 0 Å². The number of fused-ring (bicyclic) bond motifs is 2. The van der Waals surface area contributed by atoms with Gasteiger partial charge >= 0.3 is 0 Å². The Bertz CT molecular complexity index is 1200. The Morgan fingerprint density at radius 3 is 2.56 bits per heavy atom. The molecular formula is C28H35N3O4S. The van der Waals surface area contributed by atoms with Crippen molar-refractivity contribution in [2.75, 3.05) is 19.0 Å². The summed E-state index contributed by atoms with van der Waals surface area (Å²) in [7, 11) is 1.60. The molecule has 0 aromatic heterocycles. The van der Waals surface area contributed by atoms with E-state index in [0.29, 0.717) is 12.1 Å². The first-order valence-electron chi connectivity index (χ1n) is 12.8. The monoisotopic (exact) mass is 509 g/mol. The third-order valence-electron chi connectivity index (χ3n) is 8.35. The number of aliphatic hydroxyl groups excluding tert-OH is 1. The van der Waals surface area contributed by atoms with Crippen molar-refractivity contribution in [2.45, 2.75) is 55.7 Å². The van der Waals surface area contributed by atoms with Gasteiger partial charge in [0.2, 0.25) is 17.7 Å². The van der Waals surface area contributed by atoms with Gasteiger partial charge in [-0.15, -0.1) is 11.8 Å². The average Bonchev–Trinajstić information content (AvgIpc) is 3.45. The number of aliphatic hydroxyl groups is 1. The molecule has 2 aromatic carbocycles. The zero-order valence-electron chi connectivity index (χ0n) is 21.2. The van der Waals surface area contributed by atoms with Crippen LogP contribution in [0.3, 0.4) is 0 Å². The van der Waals surface area contributed by atoms with Crippen molar-refractivity contribution in [1.29, 1.82) is 0 Å². The van der Waals surface area contributed by atoms with E-state index in [1.807, 2.05) is 56.3 Å². The summed E-state index contributed by atoms with van der Waals surface area (Å²) in [4.78, 5) is 42.8. The molecule has 36 heavy (non-hydrogen) atoms. The molecule has 3 fully saturated rings. The number of nitrogens with zero attached hydrogens (tertiary/aromatic N) is 1. The number of amides is 3. The lowest BCUT2D eigenvalue weighted by Gasteiger charge is -2.40. The summed E-state index contributed by atoms with van der Waals surface area (Å²) >= 11 is 1.65. The second-order valence-corrected chi connectivity index (χ2v) is 12.5. The molecule has 8 heteroatoms. The van der Waals surface area contributed by atoms with Crippen molar-refractivity contribution in [3.05, 3.63) is 42.5 Å². The molecule has 3 aliphatic heterocycles. The van der Waals surface area contributed by atoms with Gasteiger partial charge in [0.15, 0.2) is 0 Å². The number of carbonyl (C=O) groups is 3. The number of hydrogen-bond donors (Lipinski definition) is 3. The molecule has 3 N–H and O–H groups in total. The number of nitrogens with one attached hydrogen (secondary N) is 2. The van der Waals surface area contributed by atoms with Crippen molar-refractivity contribution in [3.63, 3.8) is 0 Å². The summed E-state index contributed by atoms with van der Waals surface area (Å²) in [5.41, 5.74) is 0.670. The fourth-order valence-electron chi connectivity index (χ4n) is 6.92. The number of anilines is 1. The number of benzene rings is 2. The summed E-state index contributed by atoms with van der Waals surface area (Å²) in [6, 6.07) is 12.5. The van der Waals surface area contributed by atoms with Crippen LogP contribution < -0.4 is 10.6 Å². The van der Waals surface area contributed by atoms with Gasteiger partial charge < -0.3 is 20.6 Å². The maximum Gasteiger partial charge on any atom is 0.248 e. The van der Waals surface area contributed by atoms with Gasteiger partial charge in [0.1, 0.15) is 6.04 Å². The van der Waals surface area contributed by atoms with Gasteiger partial charge in [-0.25, -0.2) is 0 Å². The third kappa shape index (κ3) is 3.72. The fraction of sp³-hybridized carbons (Fsp3) is 0.536. The predicted molar refractivity (Wildman–Crippen MR) is 142 cm³/mol. The fourth-order valence-corrected chi connectivity index (χ4v) is 9.33. The minimum Gasteiger partial charge on any atom is -0.394 e. The number of carbonyl (C=O) groups excluding carboxylic acids is 3. The molecule has 3 aliphatic rings. The number of likely N-dealkylation sites (tertiary alicyclic amines) is 1. The highest BCUT2D eigenvalue weighted by Crippen LogP contribution is 2.68. The second-order valence-electron chi connectivity index (χ2n) is 10.9. The van der Waals surface area contributed by atoms with Crippen LogP contribution in [0.1, 0.15) is 33.6 Å². The van der Waals surface area contributed by atoms with E-state index < -0.39 is 28.7 Å². The Hall–Kier alpha value is -2.58. The van der Waals surface area contributed by atoms with Crippen molar-refractivity contribution in [1.82, 2.24) is 10.2 Å². The van der Waals surface area contributed by atoms with E-state index in [1.54, 1.807) is 23.7 Å². The molecule has 7 atom stereocenters. The Morgan fingerprint density at radius 2 is 1.89 bits per heavy atom. The first kappa shape index (κ1) is 25.1. The molecular weight excluding hydrogens is 474 g/mol. The normalized spacial score (nSPS) is 31.7. The lowest BCUT2D eigenvalue weighted by atomic mass is 9.66. The van der Waals surface area contributed by atoms with E-state index in [1.165, 1.54) is 0 Å². The van der Waals surface area contributed by atoms with Crippen molar-refractivity contribution < 1.29 is 19.5 Å². The first-order chi connectivity index (χ1) is 17.2. The molecule has 192 valence electrons. The Balaban J connectivity index is 1.57. The highest BCUT2D eigenvalue weighted by atomic mass is 32.2. The first-order valence-corrected chi connectivity index (χ1v) is 13.7. The zero-order valence-corrected chi connectivity index (χ0v) is 22.0. The highest BCUT2D eigenvalue weighted by Gasteiger charge is 2.76. The van der Waals surface area contributed by atoms with E-state index in [9.17, 15) is 19.5 Å². The molecule has 3 heterocycles. The molecule has 1 spiro atoms. The lowest BCUT2D eigenvalue weighted by molar-refractivity contribution is -0.142. The largest absolute Gasteiger partial charge is 0.394 e. The SMILES string of the molecule is CNC(=O)[C@@H]1[C@@H]2CC(C)C3(S2)C(C(=O)Nc2ccc4ccccc4c2)N([C@@H](CO)CC(C)C)C(=O)[C@H]13.